The van der Waals surface area contributed by atoms with Crippen molar-refractivity contribution in [2.45, 2.75) is 0 Å². The highest BCUT2D eigenvalue weighted by Crippen LogP contribution is 2.33. The SMILES string of the molecule is O=C1ON=C(c2ccccc2)/C1=C/c1ccc2c(c1)OCO2. The van der Waals surface area contributed by atoms with Crippen molar-refractivity contribution in [1.82, 2.24) is 0 Å². The number of benzene rings is 2. The van der Waals surface area contributed by atoms with Crippen LogP contribution in [0.2, 0.25) is 0 Å². The van der Waals surface area contributed by atoms with Crippen molar-refractivity contribution in [2.24, 2.45) is 5.16 Å². The molecule has 2 aromatic carbocycles. The van der Waals surface area contributed by atoms with E-state index in [1.165, 1.54) is 0 Å². The van der Waals surface area contributed by atoms with Gasteiger partial charge in [0.1, 0.15) is 5.71 Å². The van der Waals surface area contributed by atoms with Crippen LogP contribution in [0.4, 0.5) is 0 Å². The van der Waals surface area contributed by atoms with Crippen LogP contribution in [0.25, 0.3) is 6.08 Å². The Morgan fingerprint density at radius 3 is 2.68 bits per heavy atom. The summed E-state index contributed by atoms with van der Waals surface area (Å²) in [6.45, 7) is 0.216. The Morgan fingerprint density at radius 1 is 1.00 bits per heavy atom. The van der Waals surface area contributed by atoms with Gasteiger partial charge >= 0.3 is 5.97 Å². The van der Waals surface area contributed by atoms with Crippen LogP contribution in [0.3, 0.4) is 0 Å². The van der Waals surface area contributed by atoms with Crippen molar-refractivity contribution in [3.8, 4) is 11.5 Å². The highest BCUT2D eigenvalue weighted by Gasteiger charge is 2.26. The lowest BCUT2D eigenvalue weighted by Crippen LogP contribution is -2.06. The first-order chi connectivity index (χ1) is 10.8. The third-order valence-corrected chi connectivity index (χ3v) is 3.45. The molecule has 0 unspecified atom stereocenters. The topological polar surface area (TPSA) is 57.1 Å². The van der Waals surface area contributed by atoms with Gasteiger partial charge in [0.2, 0.25) is 6.79 Å². The highest BCUT2D eigenvalue weighted by molar-refractivity contribution is 6.31. The van der Waals surface area contributed by atoms with Crippen LogP contribution in [0.1, 0.15) is 11.1 Å². The molecule has 0 spiro atoms. The predicted octanol–water partition coefficient (Wildman–Crippen LogP) is 2.76. The summed E-state index contributed by atoms with van der Waals surface area (Å²) in [5.74, 6) is 0.906. The quantitative estimate of drug-likeness (QED) is 0.631. The summed E-state index contributed by atoms with van der Waals surface area (Å²) < 4.78 is 10.6. The number of hydrogen-bond acceptors (Lipinski definition) is 5. The van der Waals surface area contributed by atoms with Crippen LogP contribution in [0.15, 0.2) is 59.3 Å². The van der Waals surface area contributed by atoms with E-state index in [2.05, 4.69) is 5.16 Å². The molecule has 2 aliphatic rings. The average molecular weight is 293 g/mol. The van der Waals surface area contributed by atoms with Crippen molar-refractivity contribution in [3.05, 3.63) is 65.2 Å². The fraction of sp³-hybridized carbons (Fsp3) is 0.0588. The molecule has 0 fully saturated rings. The maximum Gasteiger partial charge on any atom is 0.368 e. The molecule has 0 bridgehead atoms. The molecule has 22 heavy (non-hydrogen) atoms. The molecule has 2 aliphatic heterocycles. The third kappa shape index (κ3) is 2.13. The molecular formula is C17H11NO4. The number of rotatable bonds is 2. The maximum absolute atomic E-state index is 11.9. The minimum Gasteiger partial charge on any atom is -0.454 e. The lowest BCUT2D eigenvalue weighted by molar-refractivity contribution is -0.136. The predicted molar refractivity (Wildman–Crippen MR) is 79.6 cm³/mol. The lowest BCUT2D eigenvalue weighted by Gasteiger charge is -2.01. The molecule has 0 saturated carbocycles. The van der Waals surface area contributed by atoms with Crippen molar-refractivity contribution in [2.75, 3.05) is 6.79 Å². The van der Waals surface area contributed by atoms with Crippen molar-refractivity contribution >= 4 is 17.8 Å². The molecule has 2 aromatic rings. The van der Waals surface area contributed by atoms with Gasteiger partial charge in [0.05, 0.1) is 5.57 Å². The van der Waals surface area contributed by atoms with E-state index >= 15 is 0 Å². The molecule has 5 nitrogen and oxygen atoms in total. The van der Waals surface area contributed by atoms with Gasteiger partial charge in [0.25, 0.3) is 0 Å². The van der Waals surface area contributed by atoms with Gasteiger partial charge in [-0.05, 0) is 23.8 Å². The first kappa shape index (κ1) is 12.6. The van der Waals surface area contributed by atoms with Gasteiger partial charge < -0.3 is 14.3 Å². The van der Waals surface area contributed by atoms with Crippen LogP contribution >= 0.6 is 0 Å². The van der Waals surface area contributed by atoms with Gasteiger partial charge in [-0.3, -0.25) is 0 Å². The molecule has 0 radical (unpaired) electrons. The second-order valence-corrected chi connectivity index (χ2v) is 4.86. The Labute approximate surface area is 126 Å². The number of hydrogen-bond donors (Lipinski definition) is 0. The number of carbonyl (C=O) groups is 1. The van der Waals surface area contributed by atoms with E-state index in [1.54, 1.807) is 6.08 Å². The van der Waals surface area contributed by atoms with Gasteiger partial charge in [-0.25, -0.2) is 4.79 Å². The van der Waals surface area contributed by atoms with Gasteiger partial charge in [0.15, 0.2) is 11.5 Å². The number of ether oxygens (including phenoxy) is 2. The van der Waals surface area contributed by atoms with Crippen molar-refractivity contribution in [3.63, 3.8) is 0 Å². The third-order valence-electron chi connectivity index (χ3n) is 3.45. The van der Waals surface area contributed by atoms with Crippen LogP contribution < -0.4 is 9.47 Å². The van der Waals surface area contributed by atoms with Crippen LogP contribution in [0, 0.1) is 0 Å². The lowest BCUT2D eigenvalue weighted by atomic mass is 10.0. The number of nitrogens with zero attached hydrogens (tertiary/aromatic N) is 1. The van der Waals surface area contributed by atoms with E-state index < -0.39 is 5.97 Å². The molecule has 0 atom stereocenters. The second kappa shape index (κ2) is 5.04. The summed E-state index contributed by atoms with van der Waals surface area (Å²) in [5.41, 5.74) is 2.61. The molecule has 2 heterocycles. The maximum atomic E-state index is 11.9. The standard InChI is InChI=1S/C17H11NO4/c19-17-13(16(18-22-17)12-4-2-1-3-5-12)8-11-6-7-14-15(9-11)21-10-20-14/h1-9H,10H2/b13-8-. The van der Waals surface area contributed by atoms with Gasteiger partial charge in [0, 0.05) is 5.56 Å². The molecule has 4 rings (SSSR count). The number of fused-ring (bicyclic) bond motifs is 1. The number of oxime groups is 1. The van der Waals surface area contributed by atoms with E-state index in [0.29, 0.717) is 22.8 Å². The van der Waals surface area contributed by atoms with E-state index in [1.807, 2.05) is 48.5 Å². The molecular weight excluding hydrogens is 282 g/mol. The molecule has 0 amide bonds. The Kier molecular flexibility index (Phi) is 2.89. The Balaban J connectivity index is 1.73. The van der Waals surface area contributed by atoms with Gasteiger partial charge in [-0.2, -0.15) is 0 Å². The largest absolute Gasteiger partial charge is 0.454 e. The zero-order valence-corrected chi connectivity index (χ0v) is 11.5. The first-order valence-electron chi connectivity index (χ1n) is 6.78. The minimum atomic E-state index is -0.462. The van der Waals surface area contributed by atoms with Crippen molar-refractivity contribution in [1.29, 1.82) is 0 Å². The second-order valence-electron chi connectivity index (χ2n) is 4.86. The Hall–Kier alpha value is -3.08. The molecule has 5 heteroatoms. The van der Waals surface area contributed by atoms with E-state index in [9.17, 15) is 4.79 Å². The van der Waals surface area contributed by atoms with Crippen LogP contribution in [-0.2, 0) is 9.63 Å². The summed E-state index contributed by atoms with van der Waals surface area (Å²) in [7, 11) is 0. The number of carbonyl (C=O) groups excluding carboxylic acids is 1. The zero-order chi connectivity index (χ0) is 14.9. The molecule has 0 aliphatic carbocycles. The normalized spacial score (nSPS) is 17.5. The summed E-state index contributed by atoms with van der Waals surface area (Å²) in [4.78, 5) is 16.8. The van der Waals surface area contributed by atoms with Crippen molar-refractivity contribution < 1.29 is 19.1 Å². The minimum absolute atomic E-state index is 0.216. The van der Waals surface area contributed by atoms with Crippen LogP contribution in [-0.4, -0.2) is 18.5 Å². The van der Waals surface area contributed by atoms with E-state index in [0.717, 1.165) is 11.1 Å². The highest BCUT2D eigenvalue weighted by atomic mass is 16.7. The van der Waals surface area contributed by atoms with Gasteiger partial charge in [-0.1, -0.05) is 41.6 Å². The zero-order valence-electron chi connectivity index (χ0n) is 11.5. The molecule has 0 saturated heterocycles. The first-order valence-corrected chi connectivity index (χ1v) is 6.78. The Morgan fingerprint density at radius 2 is 1.82 bits per heavy atom. The Bertz CT molecular complexity index is 809. The smallest absolute Gasteiger partial charge is 0.368 e. The molecule has 0 N–H and O–H groups in total. The fourth-order valence-electron chi connectivity index (χ4n) is 2.38. The summed E-state index contributed by atoms with van der Waals surface area (Å²) in [5, 5.41) is 3.88. The van der Waals surface area contributed by atoms with E-state index in [4.69, 9.17) is 14.3 Å². The molecule has 108 valence electrons. The summed E-state index contributed by atoms with van der Waals surface area (Å²) >= 11 is 0. The fourth-order valence-corrected chi connectivity index (χ4v) is 2.38. The van der Waals surface area contributed by atoms with Crippen LogP contribution in [0.5, 0.6) is 11.5 Å². The molecule has 0 aromatic heterocycles. The summed E-state index contributed by atoms with van der Waals surface area (Å²) in [6, 6.07) is 14.9. The summed E-state index contributed by atoms with van der Waals surface area (Å²) in [6.07, 6.45) is 1.74. The van der Waals surface area contributed by atoms with E-state index in [-0.39, 0.29) is 6.79 Å². The average Bonchev–Trinajstić information content (AvgIpc) is 3.15. The van der Waals surface area contributed by atoms with Gasteiger partial charge in [-0.15, -0.1) is 0 Å². The monoisotopic (exact) mass is 293 g/mol.